The van der Waals surface area contributed by atoms with Gasteiger partial charge in [0, 0.05) is 6.07 Å². The molecule has 0 aliphatic carbocycles. The highest BCUT2D eigenvalue weighted by Gasteiger charge is 2.21. The average Bonchev–Trinajstić information content (AvgIpc) is 3.23. The first-order valence-corrected chi connectivity index (χ1v) is 9.63. The molecule has 0 saturated heterocycles. The number of pyridine rings is 1. The van der Waals surface area contributed by atoms with Gasteiger partial charge in [0.05, 0.1) is 46.4 Å². The number of benzene rings is 1. The quantitative estimate of drug-likeness (QED) is 0.443. The van der Waals surface area contributed by atoms with Crippen molar-refractivity contribution >= 4 is 39.5 Å². The number of aromatic amines is 1. The van der Waals surface area contributed by atoms with Crippen molar-refractivity contribution in [3.63, 3.8) is 0 Å². The summed E-state index contributed by atoms with van der Waals surface area (Å²) in [6, 6.07) is 5.71. The number of hydrogen-bond acceptors (Lipinski definition) is 7. The van der Waals surface area contributed by atoms with Crippen LogP contribution >= 0.6 is 11.6 Å². The van der Waals surface area contributed by atoms with Gasteiger partial charge in [-0.3, -0.25) is 14.3 Å². The van der Waals surface area contributed by atoms with Gasteiger partial charge in [-0.1, -0.05) is 17.7 Å². The molecule has 0 unspecified atom stereocenters. The van der Waals surface area contributed by atoms with Crippen LogP contribution in [-0.2, 0) is 0 Å². The lowest BCUT2D eigenvalue weighted by atomic mass is 10.2. The summed E-state index contributed by atoms with van der Waals surface area (Å²) in [5.74, 6) is 0.210. The van der Waals surface area contributed by atoms with Gasteiger partial charge in [0.15, 0.2) is 11.5 Å². The number of aromatic nitrogens is 7. The molecule has 1 aromatic carbocycles. The summed E-state index contributed by atoms with van der Waals surface area (Å²) in [7, 11) is 0. The largest absolute Gasteiger partial charge is 0.358 e. The molecule has 4 aromatic heterocycles. The van der Waals surface area contributed by atoms with Gasteiger partial charge in [-0.25, -0.2) is 24.3 Å². The second-order valence-corrected chi connectivity index (χ2v) is 7.20. The molecule has 11 heteroatoms. The van der Waals surface area contributed by atoms with Crippen LogP contribution in [0.15, 0.2) is 54.1 Å². The number of H-pyrrole nitrogens is 1. The molecule has 0 radical (unpaired) electrons. The summed E-state index contributed by atoms with van der Waals surface area (Å²) in [5.41, 5.74) is 1.33. The van der Waals surface area contributed by atoms with E-state index in [1.165, 1.54) is 29.5 Å². The third-order valence-corrected chi connectivity index (χ3v) is 5.09. The minimum Gasteiger partial charge on any atom is -0.358 e. The SMILES string of the molecule is C[C@H](Nc1ncnc2[nH]cnc12)c1nc2cccc(Cl)c2c(=O)n1-c1cncc(F)c1. The summed E-state index contributed by atoms with van der Waals surface area (Å²) < 4.78 is 15.2. The lowest BCUT2D eigenvalue weighted by molar-refractivity contribution is 0.617. The Hall–Kier alpha value is -3.92. The van der Waals surface area contributed by atoms with Crippen LogP contribution in [0.3, 0.4) is 0 Å². The van der Waals surface area contributed by atoms with Gasteiger partial charge in [0.2, 0.25) is 0 Å². The summed E-state index contributed by atoms with van der Waals surface area (Å²) in [5, 5.41) is 3.71. The van der Waals surface area contributed by atoms with Gasteiger partial charge in [-0.15, -0.1) is 0 Å². The predicted molar refractivity (Wildman–Crippen MR) is 114 cm³/mol. The van der Waals surface area contributed by atoms with Crippen molar-refractivity contribution in [3.8, 4) is 5.69 Å². The molecule has 5 aromatic rings. The maximum absolute atomic E-state index is 13.9. The van der Waals surface area contributed by atoms with Crippen molar-refractivity contribution in [2.75, 3.05) is 5.32 Å². The van der Waals surface area contributed by atoms with Crippen LogP contribution in [0.1, 0.15) is 18.8 Å². The summed E-state index contributed by atoms with van der Waals surface area (Å²) >= 11 is 6.28. The van der Waals surface area contributed by atoms with E-state index in [1.807, 2.05) is 6.92 Å². The molecule has 4 heterocycles. The van der Waals surface area contributed by atoms with E-state index in [0.29, 0.717) is 28.3 Å². The van der Waals surface area contributed by atoms with E-state index in [1.54, 1.807) is 18.2 Å². The maximum Gasteiger partial charge on any atom is 0.267 e. The predicted octanol–water partition coefficient (Wildman–Crippen LogP) is 3.41. The summed E-state index contributed by atoms with van der Waals surface area (Å²) in [4.78, 5) is 37.5. The highest BCUT2D eigenvalue weighted by Crippen LogP contribution is 2.25. The molecule has 0 bridgehead atoms. The monoisotopic (exact) mass is 436 g/mol. The number of nitrogens with zero attached hydrogens (tertiary/aromatic N) is 6. The van der Waals surface area contributed by atoms with Gasteiger partial charge in [-0.2, -0.15) is 0 Å². The van der Waals surface area contributed by atoms with Crippen LogP contribution in [0.4, 0.5) is 10.2 Å². The zero-order chi connectivity index (χ0) is 21.5. The van der Waals surface area contributed by atoms with Crippen molar-refractivity contribution < 1.29 is 4.39 Å². The molecular weight excluding hydrogens is 423 g/mol. The molecule has 0 spiro atoms. The van der Waals surface area contributed by atoms with Crippen LogP contribution in [0.5, 0.6) is 0 Å². The molecule has 5 rings (SSSR count). The van der Waals surface area contributed by atoms with Crippen molar-refractivity contribution in [1.82, 2.24) is 34.5 Å². The molecule has 0 fully saturated rings. The van der Waals surface area contributed by atoms with Gasteiger partial charge in [0.1, 0.15) is 23.5 Å². The van der Waals surface area contributed by atoms with Crippen molar-refractivity contribution in [1.29, 1.82) is 0 Å². The van der Waals surface area contributed by atoms with Gasteiger partial charge in [-0.05, 0) is 19.1 Å². The number of fused-ring (bicyclic) bond motifs is 2. The highest BCUT2D eigenvalue weighted by atomic mass is 35.5. The van der Waals surface area contributed by atoms with E-state index in [4.69, 9.17) is 11.6 Å². The molecule has 2 N–H and O–H groups in total. The Kier molecular flexibility index (Phi) is 4.55. The first-order chi connectivity index (χ1) is 15.0. The van der Waals surface area contributed by atoms with E-state index in [2.05, 4.69) is 35.2 Å². The Bertz CT molecular complexity index is 1500. The fraction of sp³-hybridized carbons (Fsp3) is 0.100. The average molecular weight is 437 g/mol. The first kappa shape index (κ1) is 19.1. The van der Waals surface area contributed by atoms with Gasteiger partial charge in [0.25, 0.3) is 5.56 Å². The minimum absolute atomic E-state index is 0.232. The number of anilines is 1. The molecule has 154 valence electrons. The van der Waals surface area contributed by atoms with Crippen LogP contribution in [0, 0.1) is 5.82 Å². The molecule has 0 saturated carbocycles. The topological polar surface area (TPSA) is 114 Å². The fourth-order valence-corrected chi connectivity index (χ4v) is 3.66. The molecule has 0 amide bonds. The van der Waals surface area contributed by atoms with Crippen LogP contribution in [-0.4, -0.2) is 34.5 Å². The van der Waals surface area contributed by atoms with E-state index in [-0.39, 0.29) is 16.1 Å². The van der Waals surface area contributed by atoms with Gasteiger partial charge >= 0.3 is 0 Å². The Morgan fingerprint density at radius 1 is 1.23 bits per heavy atom. The number of halogens is 2. The van der Waals surface area contributed by atoms with Crippen LogP contribution in [0.2, 0.25) is 5.02 Å². The standard InChI is InChI=1S/C20H14ClFN8O/c1-10(28-18-16-17(25-8-24-16)26-9-27-18)19-29-14-4-2-3-13(21)15(14)20(31)30(19)12-5-11(22)6-23-7-12/h2-10H,1H3,(H2,24,25,26,27,28)/t10-/m0/s1. The van der Waals surface area contributed by atoms with E-state index >= 15 is 0 Å². The Morgan fingerprint density at radius 2 is 2.10 bits per heavy atom. The number of imidazole rings is 1. The highest BCUT2D eigenvalue weighted by molar-refractivity contribution is 6.35. The van der Waals surface area contributed by atoms with Crippen molar-refractivity contribution in [2.24, 2.45) is 0 Å². The second-order valence-electron chi connectivity index (χ2n) is 6.79. The van der Waals surface area contributed by atoms with Crippen molar-refractivity contribution in [2.45, 2.75) is 13.0 Å². The normalized spacial score (nSPS) is 12.4. The summed E-state index contributed by atoms with van der Waals surface area (Å²) in [6.07, 6.45) is 5.36. The molecule has 31 heavy (non-hydrogen) atoms. The number of rotatable bonds is 4. The lowest BCUT2D eigenvalue weighted by Crippen LogP contribution is -2.28. The van der Waals surface area contributed by atoms with Crippen LogP contribution < -0.4 is 10.9 Å². The van der Waals surface area contributed by atoms with Crippen LogP contribution in [0.25, 0.3) is 27.8 Å². The number of hydrogen-bond donors (Lipinski definition) is 2. The number of nitrogens with one attached hydrogen (secondary N) is 2. The van der Waals surface area contributed by atoms with E-state index in [9.17, 15) is 9.18 Å². The van der Waals surface area contributed by atoms with E-state index in [0.717, 1.165) is 6.20 Å². The molecule has 0 aliphatic heterocycles. The molecule has 0 aliphatic rings. The van der Waals surface area contributed by atoms with Gasteiger partial charge < -0.3 is 10.3 Å². The summed E-state index contributed by atoms with van der Waals surface area (Å²) in [6.45, 7) is 1.81. The zero-order valence-corrected chi connectivity index (χ0v) is 16.8. The minimum atomic E-state index is -0.579. The molecule has 9 nitrogen and oxygen atoms in total. The fourth-order valence-electron chi connectivity index (χ4n) is 3.41. The van der Waals surface area contributed by atoms with E-state index < -0.39 is 17.4 Å². The third kappa shape index (κ3) is 3.26. The molecule has 1 atom stereocenters. The first-order valence-electron chi connectivity index (χ1n) is 9.25. The Balaban J connectivity index is 1.72. The third-order valence-electron chi connectivity index (χ3n) is 4.78. The Morgan fingerprint density at radius 3 is 2.94 bits per heavy atom. The molecular formula is C20H14ClFN8O. The second kappa shape index (κ2) is 7.40. The zero-order valence-electron chi connectivity index (χ0n) is 16.0. The Labute approximate surface area is 179 Å². The lowest BCUT2D eigenvalue weighted by Gasteiger charge is -2.20. The van der Waals surface area contributed by atoms with Crippen molar-refractivity contribution in [3.05, 3.63) is 76.3 Å². The smallest absolute Gasteiger partial charge is 0.267 e. The maximum atomic E-state index is 13.9.